The molecule has 3 aromatic carbocycles. The number of fused-ring (bicyclic) bond motifs is 18. The maximum Gasteiger partial charge on any atom is 0.248 e. The number of hydrogen-bond acceptors (Lipinski definition) is 22. The lowest BCUT2D eigenvalue weighted by Crippen LogP contribution is -2.55. The van der Waals surface area contributed by atoms with Gasteiger partial charge in [0.05, 0.1) is 36.8 Å². The summed E-state index contributed by atoms with van der Waals surface area (Å²) in [5.74, 6) is 6.21. The summed E-state index contributed by atoms with van der Waals surface area (Å²) in [5.41, 5.74) is 9.64. The van der Waals surface area contributed by atoms with E-state index in [0.717, 1.165) is 112 Å². The number of nitrogens with zero attached hydrogens (tertiary/aromatic N) is 17. The predicted molar refractivity (Wildman–Crippen MR) is 378 cm³/mol. The summed E-state index contributed by atoms with van der Waals surface area (Å²) in [6.45, 7) is 17.5. The van der Waals surface area contributed by atoms with Gasteiger partial charge < -0.3 is 57.9 Å². The van der Waals surface area contributed by atoms with Crippen molar-refractivity contribution in [1.29, 1.82) is 0 Å². The van der Waals surface area contributed by atoms with Gasteiger partial charge in [-0.15, -0.1) is 0 Å². The minimum Gasteiger partial charge on any atom is -0.490 e. The molecule has 1 N–H and O–H groups in total. The lowest BCUT2D eigenvalue weighted by molar-refractivity contribution is -0.143. The molecule has 19 rings (SSSR count). The van der Waals surface area contributed by atoms with Crippen LogP contribution in [0.2, 0.25) is 0 Å². The summed E-state index contributed by atoms with van der Waals surface area (Å²) in [6.07, 6.45) is 7.20. The number of aliphatic hydroxyl groups excluding tert-OH is 1. The van der Waals surface area contributed by atoms with Gasteiger partial charge in [-0.05, 0) is 105 Å². The number of anilines is 2. The molecule has 28 heteroatoms. The number of benzene rings is 3. The summed E-state index contributed by atoms with van der Waals surface area (Å²) in [4.78, 5) is 80.1. The Kier molecular flexibility index (Phi) is 16.5. The number of amides is 2. The molecule has 0 radical (unpaired) electrons. The van der Waals surface area contributed by atoms with Crippen LogP contribution in [0.5, 0.6) is 17.2 Å². The number of pyridine rings is 3. The number of carbonyl (C=O) groups is 2. The predicted octanol–water partition coefficient (Wildman–Crippen LogP) is 7.85. The average Bonchev–Trinajstić information content (AvgIpc) is 1.57. The summed E-state index contributed by atoms with van der Waals surface area (Å²) in [7, 11) is 0. The fraction of sp³-hybridized carbons (Fsp3) is 0.378. The molecule has 0 unspecified atom stereocenters. The molecule has 0 saturated carbocycles. The van der Waals surface area contributed by atoms with Crippen molar-refractivity contribution >= 4 is 73.1 Å². The number of aromatic nitrogens is 13. The van der Waals surface area contributed by atoms with Crippen molar-refractivity contribution in [1.82, 2.24) is 73.3 Å². The van der Waals surface area contributed by atoms with Gasteiger partial charge in [0, 0.05) is 104 Å². The maximum absolute atomic E-state index is 12.7. The second kappa shape index (κ2) is 25.8. The Morgan fingerprint density at radius 1 is 0.500 bits per heavy atom. The Labute approximate surface area is 594 Å². The zero-order valence-electron chi connectivity index (χ0n) is 57.0. The van der Waals surface area contributed by atoms with Gasteiger partial charge in [-0.2, -0.15) is 0 Å². The minimum atomic E-state index is -0.513. The van der Waals surface area contributed by atoms with Crippen LogP contribution in [0, 0.1) is 0 Å². The van der Waals surface area contributed by atoms with Crippen LogP contribution in [-0.2, 0) is 65.0 Å². The standard InChI is InChI=1S/C31H35N7O4.C27H27N7O4.C16H12BrN3O2/c1-20-15-36(11-12-37(20)27(39)17-42-30(2,3)4)29-32-13-21(14-33-29)23-9-10-24-28(35-23)38-26(34-24)16-40-18-31(38)19-41-25-8-6-5-7-22(25)31;1-17-12-32(8-9-33(17)24(36)13-35)26-28-10-18(11-29-26)20-6-7-21-25(31-20)34-23(30-21)14-37-15-27(34)16-38-22-5-3-2-4-19(22)27;17-13-6-5-11-15(19-13)20-14(18-11)7-21-8-16(20)9-22-12-4-2-1-3-10(12)16/h5-10,13-14,20H,11-12,15-19H2,1-4H3;2-7,10-11,17,35H,8-9,12-16H2,1H3;1-6H,7-9H2/t20-,31-;17-,27-;16-/m000/s1. The number of rotatable bonds is 7. The summed E-state index contributed by atoms with van der Waals surface area (Å²) in [5, 5.41) is 9.19. The van der Waals surface area contributed by atoms with Crippen molar-refractivity contribution in [2.24, 2.45) is 0 Å². The minimum absolute atomic E-state index is 0.0119. The first-order valence-corrected chi connectivity index (χ1v) is 35.1. The monoisotopic (exact) mass is 1440 g/mol. The van der Waals surface area contributed by atoms with Crippen molar-refractivity contribution < 1.29 is 47.9 Å². The van der Waals surface area contributed by atoms with Crippen molar-refractivity contribution in [3.8, 4) is 39.8 Å². The molecule has 8 aliphatic rings. The third-order valence-electron chi connectivity index (χ3n) is 20.3. The van der Waals surface area contributed by atoms with Crippen LogP contribution in [-0.4, -0.2) is 200 Å². The van der Waals surface area contributed by atoms with Gasteiger partial charge in [-0.1, -0.05) is 54.6 Å². The first-order valence-electron chi connectivity index (χ1n) is 34.3. The highest BCUT2D eigenvalue weighted by molar-refractivity contribution is 9.10. The van der Waals surface area contributed by atoms with Gasteiger partial charge >= 0.3 is 0 Å². The molecule has 8 aromatic heterocycles. The number of ether oxygens (including phenoxy) is 7. The van der Waals surface area contributed by atoms with Crippen molar-refractivity contribution in [2.45, 2.75) is 88.7 Å². The van der Waals surface area contributed by atoms with E-state index in [-0.39, 0.29) is 41.6 Å². The van der Waals surface area contributed by atoms with Crippen LogP contribution in [0.3, 0.4) is 0 Å². The second-order valence-electron chi connectivity index (χ2n) is 27.9. The SMILES string of the molecule is Brc1ccc2nc3n(c2n1)[C@@]1(COC3)COc2ccccc21.C[C@H]1CN(c2ncc(-c3ccc4nc5n(c4n3)[C@@]3(COC5)COc4ccccc43)cn2)CCN1C(=O)CO.C[C@H]1CN(c2ncc(-c3ccc4nc5n(c4n3)[C@@]3(COC5)COc4ccccc43)cn2)CCN1C(=O)COC(C)(C)C. The van der Waals surface area contributed by atoms with E-state index in [9.17, 15) is 14.7 Å². The molecule has 11 aromatic rings. The topological polar surface area (TPSA) is 276 Å². The smallest absolute Gasteiger partial charge is 0.248 e. The molecule has 2 fully saturated rings. The zero-order valence-corrected chi connectivity index (χ0v) is 58.6. The Morgan fingerprint density at radius 2 is 0.882 bits per heavy atom. The lowest BCUT2D eigenvalue weighted by Gasteiger charge is -2.40. The Balaban J connectivity index is 0.000000119. The van der Waals surface area contributed by atoms with E-state index >= 15 is 0 Å². The molecule has 2 saturated heterocycles. The number of hydrogen-bond donors (Lipinski definition) is 1. The Hall–Kier alpha value is -10.1. The van der Waals surface area contributed by atoms with E-state index in [0.29, 0.717) is 111 Å². The largest absolute Gasteiger partial charge is 0.490 e. The quantitative estimate of drug-likeness (QED) is 0.149. The highest BCUT2D eigenvalue weighted by Gasteiger charge is 2.51. The molecular formula is C74H74BrN17O10. The number of imidazole rings is 3. The number of para-hydroxylation sites is 3. The third-order valence-corrected chi connectivity index (χ3v) is 20.8. The van der Waals surface area contributed by atoms with Crippen LogP contribution in [0.15, 0.2) is 139 Å². The van der Waals surface area contributed by atoms with Crippen LogP contribution >= 0.6 is 15.9 Å². The fourth-order valence-electron chi connectivity index (χ4n) is 15.5. The van der Waals surface area contributed by atoms with Gasteiger partial charge in [0.1, 0.15) is 125 Å². The third kappa shape index (κ3) is 11.3. The summed E-state index contributed by atoms with van der Waals surface area (Å²) < 4.78 is 49.0. The molecule has 27 nitrogen and oxygen atoms in total. The van der Waals surface area contributed by atoms with Gasteiger partial charge in [0.15, 0.2) is 16.9 Å². The van der Waals surface area contributed by atoms with E-state index in [2.05, 4.69) is 77.6 Å². The van der Waals surface area contributed by atoms with Crippen LogP contribution in [0.4, 0.5) is 11.9 Å². The molecule has 0 bridgehead atoms. The molecular weight excluding hydrogens is 1370 g/mol. The lowest BCUT2D eigenvalue weighted by atomic mass is 9.91. The van der Waals surface area contributed by atoms with E-state index in [4.69, 9.17) is 63.1 Å². The van der Waals surface area contributed by atoms with Crippen molar-refractivity contribution in [3.05, 3.63) is 173 Å². The molecule has 0 aliphatic carbocycles. The maximum atomic E-state index is 12.7. The normalized spacial score (nSPS) is 22.2. The molecule has 102 heavy (non-hydrogen) atoms. The zero-order chi connectivity index (χ0) is 69.7. The van der Waals surface area contributed by atoms with Gasteiger partial charge in [0.2, 0.25) is 23.7 Å². The highest BCUT2D eigenvalue weighted by Crippen LogP contribution is 2.48. The van der Waals surface area contributed by atoms with Gasteiger partial charge in [-0.25, -0.2) is 49.8 Å². The first kappa shape index (κ1) is 65.2. The Bertz CT molecular complexity index is 5070. The number of carbonyl (C=O) groups excluding carboxylic acids is 2. The number of halogens is 1. The van der Waals surface area contributed by atoms with E-state index in [1.165, 1.54) is 0 Å². The van der Waals surface area contributed by atoms with Crippen molar-refractivity contribution in [3.63, 3.8) is 0 Å². The number of piperazine rings is 2. The molecule has 8 aliphatic heterocycles. The average molecular weight is 1440 g/mol. The van der Waals surface area contributed by atoms with Gasteiger partial charge in [-0.3, -0.25) is 23.3 Å². The van der Waals surface area contributed by atoms with Crippen molar-refractivity contribution in [2.75, 3.05) is 102 Å². The van der Waals surface area contributed by atoms with Crippen LogP contribution < -0.4 is 24.0 Å². The van der Waals surface area contributed by atoms with Crippen LogP contribution in [0.1, 0.15) is 68.8 Å². The van der Waals surface area contributed by atoms with E-state index < -0.39 is 17.7 Å². The second-order valence-corrected chi connectivity index (χ2v) is 28.8. The molecule has 16 heterocycles. The van der Waals surface area contributed by atoms with Gasteiger partial charge in [0.25, 0.3) is 0 Å². The molecule has 5 atom stereocenters. The van der Waals surface area contributed by atoms with E-state index in [1.54, 1.807) is 17.3 Å². The number of aliphatic hydroxyl groups is 1. The molecule has 3 spiro atoms. The summed E-state index contributed by atoms with van der Waals surface area (Å²) >= 11 is 3.46. The Morgan fingerprint density at radius 3 is 1.27 bits per heavy atom. The highest BCUT2D eigenvalue weighted by atomic mass is 79.9. The first-order chi connectivity index (χ1) is 49.6. The molecule has 522 valence electrons. The van der Waals surface area contributed by atoms with Crippen LogP contribution in [0.25, 0.3) is 56.0 Å². The molecule has 2 amide bonds. The van der Waals surface area contributed by atoms with E-state index in [1.807, 2.05) is 143 Å². The summed E-state index contributed by atoms with van der Waals surface area (Å²) in [6, 6.07) is 36.0. The fourth-order valence-corrected chi connectivity index (χ4v) is 15.8.